The summed E-state index contributed by atoms with van der Waals surface area (Å²) in [5, 5.41) is 7.24. The minimum absolute atomic E-state index is 0.142. The summed E-state index contributed by atoms with van der Waals surface area (Å²) in [6.45, 7) is 0. The minimum atomic E-state index is -0.629. The van der Waals surface area contributed by atoms with Crippen molar-refractivity contribution in [1.29, 1.82) is 0 Å². The molecule has 4 heterocycles. The molecule has 142 valence electrons. The molecule has 0 fully saturated rings. The summed E-state index contributed by atoms with van der Waals surface area (Å²) in [6.07, 6.45) is 1.92. The quantitative estimate of drug-likeness (QED) is 0.521. The molecular weight excluding hydrogens is 380 g/mol. The van der Waals surface area contributed by atoms with Crippen LogP contribution in [0.15, 0.2) is 64.2 Å². The fraction of sp³-hybridized carbons (Fsp3) is 0.0526. The van der Waals surface area contributed by atoms with Gasteiger partial charge in [-0.25, -0.2) is 19.4 Å². The smallest absolute Gasteiger partial charge is 0.313 e. The number of aromatic nitrogens is 4. The highest BCUT2D eigenvalue weighted by Crippen LogP contribution is 2.43. The summed E-state index contributed by atoms with van der Waals surface area (Å²) in [4.78, 5) is 12.7. The van der Waals surface area contributed by atoms with Crippen LogP contribution in [0.2, 0.25) is 0 Å². The van der Waals surface area contributed by atoms with E-state index in [1.807, 2.05) is 24.3 Å². The largest absolute Gasteiger partial charge is 0.349 e. The van der Waals surface area contributed by atoms with Crippen LogP contribution in [0, 0.1) is 11.9 Å². The molecule has 6 rings (SSSR count). The van der Waals surface area contributed by atoms with E-state index >= 15 is 0 Å². The maximum Gasteiger partial charge on any atom is 0.349 e. The lowest BCUT2D eigenvalue weighted by Crippen LogP contribution is -2.42. The topological polar surface area (TPSA) is 75.6 Å². The minimum Gasteiger partial charge on any atom is -0.313 e. The van der Waals surface area contributed by atoms with Gasteiger partial charge >= 0.3 is 6.01 Å². The molecule has 0 saturated heterocycles. The second-order valence-electron chi connectivity index (χ2n) is 6.51. The van der Waals surface area contributed by atoms with Crippen molar-refractivity contribution in [3.8, 4) is 17.1 Å². The van der Waals surface area contributed by atoms with E-state index in [4.69, 9.17) is 4.52 Å². The van der Waals surface area contributed by atoms with Crippen molar-refractivity contribution in [3.05, 3.63) is 72.2 Å². The molecule has 0 N–H and O–H groups in total. The van der Waals surface area contributed by atoms with Crippen LogP contribution in [0.5, 0.6) is 0 Å². The maximum absolute atomic E-state index is 14.4. The maximum atomic E-state index is 14.4. The third kappa shape index (κ3) is 2.22. The molecule has 2 aromatic heterocycles. The number of aliphatic imine (C=N–C) groups is 1. The van der Waals surface area contributed by atoms with Crippen molar-refractivity contribution in [3.63, 3.8) is 0 Å². The van der Waals surface area contributed by atoms with Crippen molar-refractivity contribution >= 4 is 18.2 Å². The number of halogens is 2. The number of anilines is 2. The Labute approximate surface area is 162 Å². The van der Waals surface area contributed by atoms with Crippen LogP contribution in [-0.2, 0) is 0 Å². The lowest BCUT2D eigenvalue weighted by molar-refractivity contribution is 0.419. The van der Waals surface area contributed by atoms with Crippen LogP contribution in [-0.4, -0.2) is 26.0 Å². The molecule has 2 aliphatic heterocycles. The van der Waals surface area contributed by atoms with Gasteiger partial charge in [-0.15, -0.1) is 0 Å². The number of rotatable bonds is 2. The van der Waals surface area contributed by atoms with Gasteiger partial charge in [0.1, 0.15) is 12.2 Å². The van der Waals surface area contributed by atoms with E-state index in [0.29, 0.717) is 22.9 Å². The van der Waals surface area contributed by atoms with Gasteiger partial charge in [0.15, 0.2) is 12.0 Å². The third-order valence-electron chi connectivity index (χ3n) is 4.89. The van der Waals surface area contributed by atoms with Crippen molar-refractivity contribution in [1.82, 2.24) is 19.7 Å². The highest BCUT2D eigenvalue weighted by Gasteiger charge is 2.41. The SMILES string of the molecule is Fc1ccc(-c2noc(N3C=NC4c5ccccc5-n5c(cnc5F)N43)n2)cc1. The van der Waals surface area contributed by atoms with E-state index in [1.54, 1.807) is 28.5 Å². The monoisotopic (exact) mass is 391 g/mol. The Morgan fingerprint density at radius 3 is 2.69 bits per heavy atom. The summed E-state index contributed by atoms with van der Waals surface area (Å²) in [7, 11) is 0. The lowest BCUT2D eigenvalue weighted by atomic mass is 10.1. The molecule has 0 bridgehead atoms. The first-order chi connectivity index (χ1) is 14.2. The van der Waals surface area contributed by atoms with Crippen LogP contribution in [0.25, 0.3) is 17.1 Å². The first-order valence-corrected chi connectivity index (χ1v) is 8.74. The molecule has 29 heavy (non-hydrogen) atoms. The molecule has 4 aromatic rings. The number of para-hydroxylation sites is 1. The zero-order chi connectivity index (χ0) is 19.5. The lowest BCUT2D eigenvalue weighted by Gasteiger charge is -2.35. The molecule has 0 saturated carbocycles. The van der Waals surface area contributed by atoms with Gasteiger partial charge < -0.3 is 4.52 Å². The van der Waals surface area contributed by atoms with Crippen molar-refractivity contribution in [2.75, 3.05) is 10.0 Å². The Hall–Kier alpha value is -4.08. The second kappa shape index (κ2) is 5.71. The van der Waals surface area contributed by atoms with Gasteiger partial charge in [-0.3, -0.25) is 4.57 Å². The van der Waals surface area contributed by atoms with Gasteiger partial charge in [-0.2, -0.15) is 14.4 Å². The average Bonchev–Trinajstić information content (AvgIpc) is 3.46. The third-order valence-corrected chi connectivity index (χ3v) is 4.89. The van der Waals surface area contributed by atoms with E-state index in [1.165, 1.54) is 22.9 Å². The highest BCUT2D eigenvalue weighted by atomic mass is 19.1. The predicted molar refractivity (Wildman–Crippen MR) is 99.4 cm³/mol. The van der Waals surface area contributed by atoms with Crippen molar-refractivity contribution in [2.45, 2.75) is 6.17 Å². The summed E-state index contributed by atoms with van der Waals surface area (Å²) >= 11 is 0. The van der Waals surface area contributed by atoms with Crippen LogP contribution in [0.3, 0.4) is 0 Å². The van der Waals surface area contributed by atoms with Gasteiger partial charge in [-0.1, -0.05) is 23.4 Å². The molecule has 0 amide bonds. The Morgan fingerprint density at radius 2 is 1.83 bits per heavy atom. The fourth-order valence-electron chi connectivity index (χ4n) is 3.59. The molecule has 0 radical (unpaired) electrons. The van der Waals surface area contributed by atoms with Crippen LogP contribution in [0.4, 0.5) is 20.6 Å². The fourth-order valence-corrected chi connectivity index (χ4v) is 3.59. The number of nitrogens with zero attached hydrogens (tertiary/aromatic N) is 7. The number of hydrogen-bond acceptors (Lipinski definition) is 7. The molecule has 10 heteroatoms. The Balaban J connectivity index is 1.43. The van der Waals surface area contributed by atoms with Gasteiger partial charge in [0.2, 0.25) is 5.82 Å². The molecule has 1 atom stereocenters. The molecule has 1 unspecified atom stereocenters. The van der Waals surface area contributed by atoms with Crippen LogP contribution >= 0.6 is 0 Å². The van der Waals surface area contributed by atoms with Gasteiger partial charge in [0, 0.05) is 11.1 Å². The summed E-state index contributed by atoms with van der Waals surface area (Å²) in [5.41, 5.74) is 2.10. The number of imidazole rings is 1. The summed E-state index contributed by atoms with van der Waals surface area (Å²) in [6, 6.07) is 13.3. The van der Waals surface area contributed by atoms with E-state index in [-0.39, 0.29) is 11.8 Å². The zero-order valence-corrected chi connectivity index (χ0v) is 14.6. The van der Waals surface area contributed by atoms with E-state index in [2.05, 4.69) is 20.1 Å². The molecule has 2 aliphatic rings. The van der Waals surface area contributed by atoms with Gasteiger partial charge in [0.25, 0.3) is 6.08 Å². The molecule has 8 nitrogen and oxygen atoms in total. The molecular formula is C19H11F2N7O. The zero-order valence-electron chi connectivity index (χ0n) is 14.6. The first-order valence-electron chi connectivity index (χ1n) is 8.74. The number of hydrogen-bond donors (Lipinski definition) is 0. The van der Waals surface area contributed by atoms with Crippen LogP contribution in [0.1, 0.15) is 11.7 Å². The Kier molecular flexibility index (Phi) is 3.13. The van der Waals surface area contributed by atoms with Crippen molar-refractivity contribution < 1.29 is 13.3 Å². The van der Waals surface area contributed by atoms with Crippen LogP contribution < -0.4 is 10.0 Å². The van der Waals surface area contributed by atoms with Gasteiger partial charge in [0.05, 0.1) is 11.9 Å². The predicted octanol–water partition coefficient (Wildman–Crippen LogP) is 3.48. The number of benzene rings is 2. The Morgan fingerprint density at radius 1 is 1.00 bits per heavy atom. The van der Waals surface area contributed by atoms with E-state index in [0.717, 1.165) is 5.56 Å². The number of fused-ring (bicyclic) bond motifs is 6. The molecule has 0 aliphatic carbocycles. The normalized spacial score (nSPS) is 16.7. The molecule has 2 aromatic carbocycles. The number of hydrazine groups is 1. The molecule has 0 spiro atoms. The first kappa shape index (κ1) is 15.9. The van der Waals surface area contributed by atoms with Crippen molar-refractivity contribution in [2.24, 2.45) is 4.99 Å². The average molecular weight is 391 g/mol. The van der Waals surface area contributed by atoms with E-state index in [9.17, 15) is 8.78 Å². The summed E-state index contributed by atoms with van der Waals surface area (Å²) in [5.74, 6) is 0.424. The van der Waals surface area contributed by atoms with E-state index < -0.39 is 12.2 Å². The standard InChI is InChI=1S/C19H11F2N7O/c20-12-7-5-11(6-8-12)16-24-19(29-25-16)26-10-23-17-13-3-1-2-4-14(13)27-15(28(17)26)9-22-18(27)21/h1-10,17H. The Bertz CT molecular complexity index is 1260. The highest BCUT2D eigenvalue weighted by molar-refractivity contribution is 5.85. The second-order valence-corrected chi connectivity index (χ2v) is 6.51. The van der Waals surface area contributed by atoms with Gasteiger partial charge in [-0.05, 0) is 30.3 Å². The summed E-state index contributed by atoms with van der Waals surface area (Å²) < 4.78 is 34.4.